The van der Waals surface area contributed by atoms with Crippen molar-refractivity contribution in [2.24, 2.45) is 0 Å². The molecule has 154 valence electrons. The number of aliphatic carboxylic acids is 1. The second kappa shape index (κ2) is 9.34. The molecule has 7 heteroatoms. The summed E-state index contributed by atoms with van der Waals surface area (Å²) >= 11 is 0. The number of methoxy groups -OCH3 is 1. The molecule has 1 aliphatic heterocycles. The summed E-state index contributed by atoms with van der Waals surface area (Å²) in [6.07, 6.45) is 5.23. The minimum Gasteiger partial charge on any atom is -0.497 e. The van der Waals surface area contributed by atoms with Gasteiger partial charge in [-0.2, -0.15) is 0 Å². The fourth-order valence-corrected chi connectivity index (χ4v) is 3.07. The van der Waals surface area contributed by atoms with E-state index in [9.17, 15) is 15.0 Å². The number of hydrogen-bond donors (Lipinski definition) is 2. The lowest BCUT2D eigenvalue weighted by Gasteiger charge is -2.25. The van der Waals surface area contributed by atoms with Gasteiger partial charge >= 0.3 is 5.97 Å². The van der Waals surface area contributed by atoms with E-state index in [1.807, 2.05) is 0 Å². The van der Waals surface area contributed by atoms with E-state index in [0.29, 0.717) is 18.1 Å². The first-order chi connectivity index (χ1) is 14.0. The molecule has 1 atom stereocenters. The van der Waals surface area contributed by atoms with Crippen LogP contribution in [0.2, 0.25) is 0 Å². The topological polar surface area (TPSA) is 94.5 Å². The second-order valence-electron chi connectivity index (χ2n) is 6.59. The standard InChI is InChI=1S/C22H24O7/c1-26-18-10-8-16(9-11-18)22(25,21(23)24)17-5-4-6-19(15-17)27-12-3-2-7-20-28-13-14-29-20/h4-6,8-11,13-15,20,25H,2-3,7,12H2,1H3,(H,23,24). The highest BCUT2D eigenvalue weighted by atomic mass is 16.7. The minimum absolute atomic E-state index is 0.214. The van der Waals surface area contributed by atoms with Crippen molar-refractivity contribution in [2.45, 2.75) is 31.2 Å². The summed E-state index contributed by atoms with van der Waals surface area (Å²) in [4.78, 5) is 12.0. The SMILES string of the molecule is COc1ccc(C(O)(C(=O)O)c2cccc(OCCCCC3OC=CO3)c2)cc1. The molecule has 29 heavy (non-hydrogen) atoms. The lowest BCUT2D eigenvalue weighted by molar-refractivity contribution is -0.155. The van der Waals surface area contributed by atoms with E-state index in [0.717, 1.165) is 19.3 Å². The molecule has 0 amide bonds. The van der Waals surface area contributed by atoms with Crippen LogP contribution in [0.25, 0.3) is 0 Å². The van der Waals surface area contributed by atoms with Crippen LogP contribution < -0.4 is 9.47 Å². The number of hydrogen-bond acceptors (Lipinski definition) is 6. The van der Waals surface area contributed by atoms with Crippen molar-refractivity contribution in [2.75, 3.05) is 13.7 Å². The van der Waals surface area contributed by atoms with Gasteiger partial charge in [0.1, 0.15) is 24.0 Å². The first kappa shape index (κ1) is 20.5. The molecule has 2 aromatic carbocycles. The molecular weight excluding hydrogens is 376 g/mol. The molecule has 7 nitrogen and oxygen atoms in total. The zero-order chi connectivity index (χ0) is 20.7. The van der Waals surface area contributed by atoms with Crippen molar-refractivity contribution in [1.82, 2.24) is 0 Å². The summed E-state index contributed by atoms with van der Waals surface area (Å²) in [6, 6.07) is 12.8. The number of carboxylic acid groups (broad SMARTS) is 1. The molecule has 0 aliphatic carbocycles. The maximum atomic E-state index is 12.0. The molecule has 3 rings (SSSR count). The Morgan fingerprint density at radius 2 is 1.76 bits per heavy atom. The van der Waals surface area contributed by atoms with E-state index in [-0.39, 0.29) is 17.4 Å². The molecule has 0 spiro atoms. The Labute approximate surface area is 169 Å². The third-order valence-corrected chi connectivity index (χ3v) is 4.69. The van der Waals surface area contributed by atoms with E-state index in [4.69, 9.17) is 18.9 Å². The third-order valence-electron chi connectivity index (χ3n) is 4.69. The molecule has 1 aliphatic rings. The average molecular weight is 400 g/mol. The summed E-state index contributed by atoms with van der Waals surface area (Å²) in [7, 11) is 1.52. The van der Waals surface area contributed by atoms with Gasteiger partial charge in [0.2, 0.25) is 11.9 Å². The van der Waals surface area contributed by atoms with Crippen LogP contribution in [0.4, 0.5) is 0 Å². The normalized spacial score (nSPS) is 15.2. The van der Waals surface area contributed by atoms with Crippen LogP contribution in [0.3, 0.4) is 0 Å². The smallest absolute Gasteiger partial charge is 0.345 e. The van der Waals surface area contributed by atoms with Gasteiger partial charge in [0.25, 0.3) is 0 Å². The molecule has 0 fully saturated rings. The van der Waals surface area contributed by atoms with Gasteiger partial charge in [0.15, 0.2) is 0 Å². The molecule has 0 bridgehead atoms. The summed E-state index contributed by atoms with van der Waals surface area (Å²) in [6.45, 7) is 0.456. The minimum atomic E-state index is -2.20. The predicted molar refractivity (Wildman–Crippen MR) is 105 cm³/mol. The molecule has 2 N–H and O–H groups in total. The van der Waals surface area contributed by atoms with E-state index in [2.05, 4.69) is 0 Å². The zero-order valence-electron chi connectivity index (χ0n) is 16.1. The Morgan fingerprint density at radius 3 is 2.41 bits per heavy atom. The molecule has 0 saturated carbocycles. The summed E-state index contributed by atoms with van der Waals surface area (Å²) in [5.74, 6) is -0.307. The molecule has 0 aromatic heterocycles. The van der Waals surface area contributed by atoms with Crippen LogP contribution in [-0.2, 0) is 19.9 Å². The quantitative estimate of drug-likeness (QED) is 0.590. The fourth-order valence-electron chi connectivity index (χ4n) is 3.07. The maximum absolute atomic E-state index is 12.0. The van der Waals surface area contributed by atoms with Crippen LogP contribution in [0.1, 0.15) is 30.4 Å². The molecule has 1 heterocycles. The number of rotatable bonds is 10. The number of aliphatic hydroxyl groups is 1. The van der Waals surface area contributed by atoms with Gasteiger partial charge in [-0.25, -0.2) is 4.79 Å². The van der Waals surface area contributed by atoms with Crippen LogP contribution in [0.15, 0.2) is 61.1 Å². The van der Waals surface area contributed by atoms with Gasteiger partial charge in [0, 0.05) is 12.0 Å². The van der Waals surface area contributed by atoms with Gasteiger partial charge in [-0.15, -0.1) is 0 Å². The fraction of sp³-hybridized carbons (Fsp3) is 0.318. The highest BCUT2D eigenvalue weighted by molar-refractivity contribution is 5.83. The molecule has 2 aromatic rings. The van der Waals surface area contributed by atoms with Crippen molar-refractivity contribution in [3.8, 4) is 11.5 Å². The predicted octanol–water partition coefficient (Wildman–Crippen LogP) is 3.41. The highest BCUT2D eigenvalue weighted by Crippen LogP contribution is 2.33. The van der Waals surface area contributed by atoms with Gasteiger partial charge in [-0.3, -0.25) is 0 Å². The first-order valence-corrected chi connectivity index (χ1v) is 9.33. The monoisotopic (exact) mass is 400 g/mol. The van der Waals surface area contributed by atoms with Crippen LogP contribution in [-0.4, -0.2) is 36.2 Å². The van der Waals surface area contributed by atoms with Gasteiger partial charge in [-0.05, 0) is 42.7 Å². The number of unbranched alkanes of at least 4 members (excludes halogenated alkanes) is 1. The van der Waals surface area contributed by atoms with Crippen LogP contribution >= 0.6 is 0 Å². The first-order valence-electron chi connectivity index (χ1n) is 9.33. The number of benzene rings is 2. The van der Waals surface area contributed by atoms with Crippen molar-refractivity contribution in [3.05, 3.63) is 72.2 Å². The number of carboxylic acids is 1. The molecular formula is C22H24O7. The maximum Gasteiger partial charge on any atom is 0.345 e. The lowest BCUT2D eigenvalue weighted by Crippen LogP contribution is -2.36. The second-order valence-corrected chi connectivity index (χ2v) is 6.59. The average Bonchev–Trinajstić information content (AvgIpc) is 3.26. The van der Waals surface area contributed by atoms with Gasteiger partial charge in [-0.1, -0.05) is 24.3 Å². The van der Waals surface area contributed by atoms with E-state index in [1.54, 1.807) is 36.4 Å². The number of carbonyl (C=O) groups is 1. The lowest BCUT2D eigenvalue weighted by atomic mass is 9.86. The van der Waals surface area contributed by atoms with Crippen molar-refractivity contribution < 1.29 is 34.0 Å². The highest BCUT2D eigenvalue weighted by Gasteiger charge is 2.40. The molecule has 0 radical (unpaired) electrons. The Balaban J connectivity index is 1.65. The van der Waals surface area contributed by atoms with E-state index >= 15 is 0 Å². The molecule has 0 saturated heterocycles. The van der Waals surface area contributed by atoms with Gasteiger partial charge in [0.05, 0.1) is 13.7 Å². The largest absolute Gasteiger partial charge is 0.497 e. The molecule has 1 unspecified atom stereocenters. The van der Waals surface area contributed by atoms with Crippen LogP contribution in [0.5, 0.6) is 11.5 Å². The number of ether oxygens (including phenoxy) is 4. The Bertz CT molecular complexity index is 838. The van der Waals surface area contributed by atoms with E-state index in [1.165, 1.54) is 31.8 Å². The Hall–Kier alpha value is -3.19. The Kier molecular flexibility index (Phi) is 6.61. The van der Waals surface area contributed by atoms with Crippen molar-refractivity contribution >= 4 is 5.97 Å². The Morgan fingerprint density at radius 1 is 1.03 bits per heavy atom. The third kappa shape index (κ3) is 4.81. The van der Waals surface area contributed by atoms with Crippen molar-refractivity contribution in [3.63, 3.8) is 0 Å². The van der Waals surface area contributed by atoms with Crippen LogP contribution in [0, 0.1) is 0 Å². The van der Waals surface area contributed by atoms with E-state index < -0.39 is 11.6 Å². The zero-order valence-corrected chi connectivity index (χ0v) is 16.1. The van der Waals surface area contributed by atoms with Crippen molar-refractivity contribution in [1.29, 1.82) is 0 Å². The summed E-state index contributed by atoms with van der Waals surface area (Å²) in [5, 5.41) is 20.8. The summed E-state index contributed by atoms with van der Waals surface area (Å²) < 4.78 is 21.3. The summed E-state index contributed by atoms with van der Waals surface area (Å²) in [5.41, 5.74) is -1.75. The van der Waals surface area contributed by atoms with Gasteiger partial charge < -0.3 is 29.2 Å².